The van der Waals surface area contributed by atoms with Gasteiger partial charge in [-0.3, -0.25) is 4.79 Å². The Labute approximate surface area is 435 Å². The number of ketones is 1. The van der Waals surface area contributed by atoms with Crippen molar-refractivity contribution in [3.05, 3.63) is 112 Å². The van der Waals surface area contributed by atoms with Gasteiger partial charge in [-0.1, -0.05) is 41.5 Å². The smallest absolute Gasteiger partial charge is 0.343 e. The van der Waals surface area contributed by atoms with E-state index in [1.54, 1.807) is 24.8 Å². The van der Waals surface area contributed by atoms with Crippen molar-refractivity contribution in [3.63, 3.8) is 0 Å². The molecule has 3 aromatic carbocycles. The molecule has 11 rings (SSSR count). The molecule has 5 heterocycles. The predicted molar refractivity (Wildman–Crippen MR) is 276 cm³/mol. The van der Waals surface area contributed by atoms with Crippen LogP contribution >= 0.6 is 11.8 Å². The SMILES string of the molecule is COC(=O)/C(C)=C\CC12OC(C)(C)C3CC(C1=O)C1Sc4ccccc4NC4c5c(OC(=O)c6ccc(O[C@H]7O[C@@H](CO)[C@H](O)[C@@H](O)[C@@H]7O)cc6)c6c(c(CC=C(C)C)c5OC32C41)OC(C)(CCC=C(C)C)C=C6. The van der Waals surface area contributed by atoms with Crippen LogP contribution in [0.15, 0.2) is 94.4 Å². The highest BCUT2D eigenvalue weighted by molar-refractivity contribution is 8.00. The molecule has 8 unspecified atom stereocenters. The van der Waals surface area contributed by atoms with Crippen LogP contribution < -0.4 is 24.3 Å². The van der Waals surface area contributed by atoms with E-state index in [4.69, 9.17) is 33.2 Å². The molecule has 5 aliphatic heterocycles. The molecule has 3 aliphatic carbocycles. The van der Waals surface area contributed by atoms with Crippen LogP contribution in [0.1, 0.15) is 114 Å². The molecule has 2 saturated heterocycles. The number of esters is 2. The molecule has 394 valence electrons. The summed E-state index contributed by atoms with van der Waals surface area (Å²) in [6, 6.07) is 13.4. The van der Waals surface area contributed by atoms with Crippen LogP contribution in [0.3, 0.4) is 0 Å². The van der Waals surface area contributed by atoms with E-state index in [1.807, 2.05) is 65.0 Å². The molecular weight excluding hydrogens is 967 g/mol. The number of benzene rings is 3. The highest BCUT2D eigenvalue weighted by Gasteiger charge is 2.85. The van der Waals surface area contributed by atoms with Crippen LogP contribution in [0.5, 0.6) is 23.0 Å². The van der Waals surface area contributed by atoms with Gasteiger partial charge in [0.2, 0.25) is 6.29 Å². The maximum atomic E-state index is 15.8. The van der Waals surface area contributed by atoms with E-state index in [-0.39, 0.29) is 40.4 Å². The van der Waals surface area contributed by atoms with Gasteiger partial charge >= 0.3 is 11.9 Å². The van der Waals surface area contributed by atoms with Crippen molar-refractivity contribution in [3.8, 4) is 23.0 Å². The number of carbonyl (C=O) groups is 3. The predicted octanol–water partition coefficient (Wildman–Crippen LogP) is 8.15. The van der Waals surface area contributed by atoms with Gasteiger partial charge in [-0.15, -0.1) is 11.8 Å². The number of methoxy groups -OCH3 is 1. The van der Waals surface area contributed by atoms with E-state index in [1.165, 1.54) is 36.9 Å². The summed E-state index contributed by atoms with van der Waals surface area (Å²) in [7, 11) is 1.33. The quantitative estimate of drug-likeness (QED) is 0.0474. The molecule has 0 radical (unpaired) electrons. The number of carbonyl (C=O) groups excluding carboxylic acids is 3. The Balaban J connectivity index is 1.17. The Bertz CT molecular complexity index is 2880. The van der Waals surface area contributed by atoms with E-state index in [9.17, 15) is 30.0 Å². The van der Waals surface area contributed by atoms with Crippen molar-refractivity contribution in [2.75, 3.05) is 19.0 Å². The number of ether oxygens (including phenoxy) is 7. The Morgan fingerprint density at radius 3 is 2.34 bits per heavy atom. The summed E-state index contributed by atoms with van der Waals surface area (Å²) in [4.78, 5) is 44.7. The first-order valence-corrected chi connectivity index (χ1v) is 26.4. The van der Waals surface area contributed by atoms with Crippen molar-refractivity contribution in [1.29, 1.82) is 0 Å². The molecule has 16 heteroatoms. The van der Waals surface area contributed by atoms with E-state index >= 15 is 4.79 Å². The van der Waals surface area contributed by atoms with Crippen LogP contribution in [0.2, 0.25) is 0 Å². The number of aliphatic hydroxyl groups excluding tert-OH is 4. The van der Waals surface area contributed by atoms with Crippen molar-refractivity contribution in [2.24, 2.45) is 17.8 Å². The molecule has 8 aliphatic rings. The first-order valence-electron chi connectivity index (χ1n) is 25.6. The molecular formula is C58H67NO14S. The standard InChI is InChI=1S/C58H67NO14S/c1-29(2)13-12-24-56(8)25-23-35-47(71-56)34(21-16-30(3)4)49-41(48(35)70-53(66)32-17-19-33(20-18-32)68-54-46(63)45(62)44(61)38(28-60)69-54)43-42-50(74-39-15-11-10-14-37(39)59-43)36-27-40-55(6,7)73-57(51(36)64,58(40,42)72-49)26-22-31(5)52(65)67-9/h10-11,13-20,22-23,25,36,38,40,42-46,50,54,59-63H,12,21,24,26-28H2,1-9H3/b31-22-/t36?,38-,40?,42?,43?,44-,45+,46-,50?,54-,56?,57?,58?/m0/s1. The maximum Gasteiger partial charge on any atom is 0.343 e. The molecule has 74 heavy (non-hydrogen) atoms. The lowest BCUT2D eigenvalue weighted by Gasteiger charge is -2.65. The summed E-state index contributed by atoms with van der Waals surface area (Å²) in [6.45, 7) is 15.3. The minimum atomic E-state index is -1.64. The molecule has 5 fully saturated rings. The summed E-state index contributed by atoms with van der Waals surface area (Å²) in [5, 5.41) is 44.8. The molecule has 3 aromatic rings. The number of hydrogen-bond donors (Lipinski definition) is 5. The fourth-order valence-corrected chi connectivity index (χ4v) is 14.3. The maximum absolute atomic E-state index is 15.8. The zero-order valence-electron chi connectivity index (χ0n) is 43.3. The number of thioether (sulfide) groups is 1. The van der Waals surface area contributed by atoms with E-state index in [0.29, 0.717) is 47.5 Å². The van der Waals surface area contributed by atoms with E-state index in [2.05, 4.69) is 37.4 Å². The van der Waals surface area contributed by atoms with Crippen LogP contribution in [0, 0.1) is 17.8 Å². The van der Waals surface area contributed by atoms with Gasteiger partial charge in [0.1, 0.15) is 47.3 Å². The average Bonchev–Trinajstić information content (AvgIpc) is 3.64. The Hall–Kier alpha value is -5.46. The Morgan fingerprint density at radius 1 is 0.905 bits per heavy atom. The molecule has 0 amide bonds. The van der Waals surface area contributed by atoms with Crippen molar-refractivity contribution >= 4 is 41.2 Å². The zero-order chi connectivity index (χ0) is 52.8. The van der Waals surface area contributed by atoms with Gasteiger partial charge in [0.15, 0.2) is 22.7 Å². The van der Waals surface area contributed by atoms with Gasteiger partial charge in [0.25, 0.3) is 0 Å². The fourth-order valence-electron chi connectivity index (χ4n) is 12.7. The van der Waals surface area contributed by atoms with Gasteiger partial charge in [0.05, 0.1) is 42.0 Å². The second-order valence-electron chi connectivity index (χ2n) is 22.1. The number of para-hydroxylation sites is 1. The summed E-state index contributed by atoms with van der Waals surface area (Å²) in [5.74, 6) is -1.19. The lowest BCUT2D eigenvalue weighted by molar-refractivity contribution is -0.277. The van der Waals surface area contributed by atoms with Gasteiger partial charge in [0, 0.05) is 51.1 Å². The fraction of sp³-hybridized carbons (Fsp3) is 0.500. The van der Waals surface area contributed by atoms with Gasteiger partial charge < -0.3 is 58.9 Å². The largest absolute Gasteiger partial charge is 0.482 e. The summed E-state index contributed by atoms with van der Waals surface area (Å²) >= 11 is 1.66. The van der Waals surface area contributed by atoms with Gasteiger partial charge in [-0.2, -0.15) is 0 Å². The third-order valence-electron chi connectivity index (χ3n) is 16.3. The number of aliphatic hydroxyl groups is 4. The first kappa shape index (κ1) is 52.0. The number of nitrogens with one attached hydrogen (secondary N) is 1. The first-order chi connectivity index (χ1) is 35.2. The molecule has 5 N–H and O–H groups in total. The van der Waals surface area contributed by atoms with Crippen molar-refractivity contribution < 1.29 is 68.0 Å². The number of fused-ring (bicyclic) bond motifs is 4. The third kappa shape index (κ3) is 8.39. The molecule has 3 saturated carbocycles. The zero-order valence-corrected chi connectivity index (χ0v) is 44.1. The number of anilines is 1. The second-order valence-corrected chi connectivity index (χ2v) is 23.3. The minimum absolute atomic E-state index is 0.0555. The molecule has 4 bridgehead atoms. The lowest BCUT2D eigenvalue weighted by Crippen LogP contribution is -2.79. The Kier molecular flexibility index (Phi) is 13.5. The monoisotopic (exact) mass is 1030 g/mol. The van der Waals surface area contributed by atoms with Crippen molar-refractivity contribution in [2.45, 2.75) is 157 Å². The topological polar surface area (TPSA) is 209 Å². The highest BCUT2D eigenvalue weighted by Crippen LogP contribution is 2.75. The number of hydrogen-bond acceptors (Lipinski definition) is 16. The normalized spacial score (nSPS) is 33.5. The van der Waals surface area contributed by atoms with E-state index in [0.717, 1.165) is 28.1 Å². The summed E-state index contributed by atoms with van der Waals surface area (Å²) in [6.07, 6.45) is 4.95. The van der Waals surface area contributed by atoms with Crippen LogP contribution in [0.4, 0.5) is 5.69 Å². The number of rotatable bonds is 13. The highest BCUT2D eigenvalue weighted by atomic mass is 32.2. The Morgan fingerprint density at radius 2 is 1.64 bits per heavy atom. The van der Waals surface area contributed by atoms with E-state index < -0.39 is 89.5 Å². The van der Waals surface area contributed by atoms with Gasteiger partial charge in [-0.05, 0) is 130 Å². The summed E-state index contributed by atoms with van der Waals surface area (Å²) in [5.41, 5.74) is 0.966. The van der Waals surface area contributed by atoms with Crippen LogP contribution in [-0.2, 0) is 30.2 Å². The molecule has 0 aromatic heterocycles. The lowest BCUT2D eigenvalue weighted by atomic mass is 9.45. The van der Waals surface area contributed by atoms with Crippen molar-refractivity contribution in [1.82, 2.24) is 0 Å². The van der Waals surface area contributed by atoms with Crippen LogP contribution in [0.25, 0.3) is 6.08 Å². The van der Waals surface area contributed by atoms with Crippen LogP contribution in [-0.4, -0.2) is 110 Å². The third-order valence-corrected chi connectivity index (χ3v) is 17.8. The number of Topliss-reactive ketones (excluding diaryl/α,β-unsaturated/α-hetero) is 1. The second kappa shape index (κ2) is 19.3. The summed E-state index contributed by atoms with van der Waals surface area (Å²) < 4.78 is 45.9. The number of allylic oxidation sites excluding steroid dienone is 4. The molecule has 1 spiro atoms. The average molecular weight is 1030 g/mol. The molecule has 13 atom stereocenters. The van der Waals surface area contributed by atoms with Gasteiger partial charge in [-0.25, -0.2) is 9.59 Å². The minimum Gasteiger partial charge on any atom is -0.482 e. The molecule has 15 nitrogen and oxygen atoms in total.